The monoisotopic (exact) mass is 360 g/mol. The molecule has 0 amide bonds. The van der Waals surface area contributed by atoms with Gasteiger partial charge in [-0.05, 0) is 35.9 Å². The highest BCUT2D eigenvalue weighted by Crippen LogP contribution is 2.29. The minimum atomic E-state index is 0.205. The normalized spacial score (nSPS) is 10.6. The molecular formula is C18H14Cl2N2O2. The lowest BCUT2D eigenvalue weighted by Crippen LogP contribution is -2.01. The summed E-state index contributed by atoms with van der Waals surface area (Å²) in [5.74, 6) is 0.963. The van der Waals surface area contributed by atoms with Crippen LogP contribution in [-0.2, 0) is 6.61 Å². The number of halogens is 2. The molecule has 6 heteroatoms. The first-order valence-electron chi connectivity index (χ1n) is 7.14. The number of ether oxygens (including phenoxy) is 1. The third kappa shape index (κ3) is 3.72. The molecule has 0 fully saturated rings. The first-order valence-corrected chi connectivity index (χ1v) is 7.90. The van der Waals surface area contributed by atoms with Crippen LogP contribution in [0.5, 0.6) is 11.5 Å². The van der Waals surface area contributed by atoms with Gasteiger partial charge >= 0.3 is 0 Å². The molecule has 1 aromatic heterocycles. The number of hydrogen-bond acceptors (Lipinski definition) is 4. The standard InChI is InChI=1S/C18H14Cl2N2O2/c19-14-4-1-12(16(20)8-14)10-24-17-7-13(9-22-18(17)21)11-2-5-15(23)6-3-11/h1-9,23H,10H2,(H2,21,22). The van der Waals surface area contributed by atoms with Crippen LogP contribution in [-0.4, -0.2) is 10.1 Å². The van der Waals surface area contributed by atoms with Gasteiger partial charge in [0.05, 0.1) is 0 Å². The van der Waals surface area contributed by atoms with E-state index in [1.54, 1.807) is 54.7 Å². The molecule has 122 valence electrons. The van der Waals surface area contributed by atoms with E-state index in [2.05, 4.69) is 4.98 Å². The topological polar surface area (TPSA) is 68.4 Å². The number of pyridine rings is 1. The molecule has 0 spiro atoms. The molecule has 0 bridgehead atoms. The van der Waals surface area contributed by atoms with Crippen LogP contribution in [0, 0.1) is 0 Å². The molecule has 24 heavy (non-hydrogen) atoms. The van der Waals surface area contributed by atoms with Crippen molar-refractivity contribution in [2.24, 2.45) is 0 Å². The average molecular weight is 361 g/mol. The second-order valence-corrected chi connectivity index (χ2v) is 6.02. The lowest BCUT2D eigenvalue weighted by atomic mass is 10.1. The zero-order valence-electron chi connectivity index (χ0n) is 12.5. The zero-order valence-corrected chi connectivity index (χ0v) is 14.1. The Balaban J connectivity index is 1.82. The number of anilines is 1. The molecule has 0 saturated carbocycles. The third-order valence-electron chi connectivity index (χ3n) is 3.48. The van der Waals surface area contributed by atoms with Gasteiger partial charge < -0.3 is 15.6 Å². The number of aromatic hydroxyl groups is 1. The predicted molar refractivity (Wildman–Crippen MR) is 96.5 cm³/mol. The van der Waals surface area contributed by atoms with Crippen molar-refractivity contribution in [2.45, 2.75) is 6.61 Å². The number of hydrogen-bond donors (Lipinski definition) is 2. The number of nitrogens with zero attached hydrogens (tertiary/aromatic N) is 1. The molecule has 0 atom stereocenters. The van der Waals surface area contributed by atoms with Crippen molar-refractivity contribution >= 4 is 29.0 Å². The maximum absolute atomic E-state index is 9.38. The van der Waals surface area contributed by atoms with E-state index in [-0.39, 0.29) is 12.4 Å². The lowest BCUT2D eigenvalue weighted by molar-refractivity contribution is 0.307. The van der Waals surface area contributed by atoms with Crippen molar-refractivity contribution in [1.82, 2.24) is 4.98 Å². The zero-order chi connectivity index (χ0) is 17.1. The van der Waals surface area contributed by atoms with Crippen LogP contribution in [0.2, 0.25) is 10.0 Å². The van der Waals surface area contributed by atoms with Crippen molar-refractivity contribution in [3.8, 4) is 22.6 Å². The Morgan fingerprint density at radius 3 is 2.46 bits per heavy atom. The summed E-state index contributed by atoms with van der Waals surface area (Å²) < 4.78 is 5.77. The van der Waals surface area contributed by atoms with E-state index >= 15 is 0 Å². The molecular weight excluding hydrogens is 347 g/mol. The van der Waals surface area contributed by atoms with E-state index in [1.165, 1.54) is 0 Å². The van der Waals surface area contributed by atoms with Crippen LogP contribution >= 0.6 is 23.2 Å². The summed E-state index contributed by atoms with van der Waals surface area (Å²) in [5, 5.41) is 10.5. The second-order valence-electron chi connectivity index (χ2n) is 5.18. The van der Waals surface area contributed by atoms with E-state index in [0.717, 1.165) is 16.7 Å². The lowest BCUT2D eigenvalue weighted by Gasteiger charge is -2.11. The van der Waals surface area contributed by atoms with Crippen LogP contribution in [0.3, 0.4) is 0 Å². The fourth-order valence-corrected chi connectivity index (χ4v) is 2.64. The van der Waals surface area contributed by atoms with Gasteiger partial charge in [0.25, 0.3) is 0 Å². The Bertz CT molecular complexity index is 867. The Hall–Kier alpha value is -2.43. The van der Waals surface area contributed by atoms with Gasteiger partial charge in [0, 0.05) is 27.4 Å². The molecule has 0 aliphatic rings. The van der Waals surface area contributed by atoms with Crippen molar-refractivity contribution in [1.29, 1.82) is 0 Å². The van der Waals surface area contributed by atoms with E-state index in [9.17, 15) is 5.11 Å². The quantitative estimate of drug-likeness (QED) is 0.692. The van der Waals surface area contributed by atoms with Gasteiger partial charge in [0.1, 0.15) is 12.4 Å². The Morgan fingerprint density at radius 2 is 1.75 bits per heavy atom. The van der Waals surface area contributed by atoms with E-state index in [1.807, 2.05) is 0 Å². The SMILES string of the molecule is Nc1ncc(-c2ccc(O)cc2)cc1OCc1ccc(Cl)cc1Cl. The summed E-state index contributed by atoms with van der Waals surface area (Å²) in [5.41, 5.74) is 8.42. The fraction of sp³-hybridized carbons (Fsp3) is 0.0556. The average Bonchev–Trinajstić information content (AvgIpc) is 2.56. The predicted octanol–water partition coefficient (Wildman–Crippen LogP) is 4.92. The van der Waals surface area contributed by atoms with Gasteiger partial charge in [-0.15, -0.1) is 0 Å². The molecule has 0 unspecified atom stereocenters. The summed E-state index contributed by atoms with van der Waals surface area (Å²) >= 11 is 12.0. The highest BCUT2D eigenvalue weighted by molar-refractivity contribution is 6.35. The number of nitrogens with two attached hydrogens (primary N) is 1. The molecule has 0 aliphatic carbocycles. The molecule has 3 rings (SSSR count). The summed E-state index contributed by atoms with van der Waals surface area (Å²) in [6, 6.07) is 13.8. The van der Waals surface area contributed by atoms with Crippen LogP contribution < -0.4 is 10.5 Å². The summed E-state index contributed by atoms with van der Waals surface area (Å²) in [6.45, 7) is 0.251. The molecule has 2 aromatic carbocycles. The molecule has 0 radical (unpaired) electrons. The van der Waals surface area contributed by atoms with Crippen molar-refractivity contribution in [3.05, 3.63) is 70.3 Å². The summed E-state index contributed by atoms with van der Waals surface area (Å²) in [7, 11) is 0. The van der Waals surface area contributed by atoms with E-state index in [4.69, 9.17) is 33.7 Å². The Kier molecular flexibility index (Phi) is 4.79. The van der Waals surface area contributed by atoms with Gasteiger partial charge in [-0.2, -0.15) is 0 Å². The largest absolute Gasteiger partial charge is 0.508 e. The Labute approximate surface area is 149 Å². The highest BCUT2D eigenvalue weighted by atomic mass is 35.5. The number of phenolic OH excluding ortho intramolecular Hbond substituents is 1. The van der Waals surface area contributed by atoms with Gasteiger partial charge in [-0.1, -0.05) is 41.4 Å². The van der Waals surface area contributed by atoms with Gasteiger partial charge in [0.15, 0.2) is 11.6 Å². The molecule has 0 saturated heterocycles. The van der Waals surface area contributed by atoms with Crippen molar-refractivity contribution < 1.29 is 9.84 Å². The number of benzene rings is 2. The van der Waals surface area contributed by atoms with Gasteiger partial charge in [-0.25, -0.2) is 4.98 Å². The summed E-state index contributed by atoms with van der Waals surface area (Å²) in [6.07, 6.45) is 1.66. The minimum Gasteiger partial charge on any atom is -0.508 e. The Morgan fingerprint density at radius 1 is 1.00 bits per heavy atom. The molecule has 1 heterocycles. The molecule has 3 N–H and O–H groups in total. The van der Waals surface area contributed by atoms with Gasteiger partial charge in [0.2, 0.25) is 0 Å². The number of rotatable bonds is 4. The van der Waals surface area contributed by atoms with Crippen molar-refractivity contribution in [3.63, 3.8) is 0 Å². The number of aromatic nitrogens is 1. The van der Waals surface area contributed by atoms with Crippen LogP contribution in [0.15, 0.2) is 54.7 Å². The maximum Gasteiger partial charge on any atom is 0.166 e. The van der Waals surface area contributed by atoms with Gasteiger partial charge in [-0.3, -0.25) is 0 Å². The number of phenols is 1. The second kappa shape index (κ2) is 6.99. The van der Waals surface area contributed by atoms with E-state index in [0.29, 0.717) is 21.6 Å². The maximum atomic E-state index is 9.38. The van der Waals surface area contributed by atoms with Crippen LogP contribution in [0.4, 0.5) is 5.82 Å². The van der Waals surface area contributed by atoms with Crippen LogP contribution in [0.25, 0.3) is 11.1 Å². The molecule has 3 aromatic rings. The van der Waals surface area contributed by atoms with Crippen molar-refractivity contribution in [2.75, 3.05) is 5.73 Å². The smallest absolute Gasteiger partial charge is 0.166 e. The van der Waals surface area contributed by atoms with E-state index < -0.39 is 0 Å². The third-order valence-corrected chi connectivity index (χ3v) is 4.07. The molecule has 0 aliphatic heterocycles. The first kappa shape index (κ1) is 16.4. The minimum absolute atomic E-state index is 0.205. The highest BCUT2D eigenvalue weighted by Gasteiger charge is 2.08. The summed E-state index contributed by atoms with van der Waals surface area (Å²) in [4.78, 5) is 4.16. The first-order chi connectivity index (χ1) is 11.5. The number of nitrogen functional groups attached to an aromatic ring is 1. The van der Waals surface area contributed by atoms with Crippen LogP contribution in [0.1, 0.15) is 5.56 Å². The molecule has 4 nitrogen and oxygen atoms in total. The fourth-order valence-electron chi connectivity index (χ4n) is 2.18.